The Balaban J connectivity index is 1.85. The van der Waals surface area contributed by atoms with E-state index in [2.05, 4.69) is 0 Å². The van der Waals surface area contributed by atoms with Crippen LogP contribution < -0.4 is 0 Å². The predicted octanol–water partition coefficient (Wildman–Crippen LogP) is 3.50. The van der Waals surface area contributed by atoms with Gasteiger partial charge in [-0.05, 0) is 43.5 Å². The first kappa shape index (κ1) is 15.4. The van der Waals surface area contributed by atoms with Crippen LogP contribution in [0.5, 0.6) is 0 Å². The molecule has 3 rings (SSSR count). The molecular weight excluding hydrogens is 298 g/mol. The highest BCUT2D eigenvalue weighted by Gasteiger charge is 2.32. The molecule has 2 aromatic rings. The first-order chi connectivity index (χ1) is 11.1. The van der Waals surface area contributed by atoms with E-state index in [0.717, 1.165) is 37.2 Å². The lowest BCUT2D eigenvalue weighted by Gasteiger charge is -2.33. The molecule has 23 heavy (non-hydrogen) atoms. The number of aryl methyl sites for hydroxylation is 1. The highest BCUT2D eigenvalue weighted by molar-refractivity contribution is 5.93. The van der Waals surface area contributed by atoms with Gasteiger partial charge in [-0.25, -0.2) is 4.79 Å². The van der Waals surface area contributed by atoms with Crippen molar-refractivity contribution < 1.29 is 23.5 Å². The Morgan fingerprint density at radius 3 is 2.61 bits per heavy atom. The van der Waals surface area contributed by atoms with Crippen LogP contribution in [0, 0.1) is 0 Å². The van der Waals surface area contributed by atoms with Crippen LogP contribution in [0.2, 0.25) is 0 Å². The number of likely N-dealkylation sites (tertiary alicyclic amines) is 1. The summed E-state index contributed by atoms with van der Waals surface area (Å²) in [6, 6.07) is 6.44. The van der Waals surface area contributed by atoms with E-state index >= 15 is 0 Å². The number of hydrogen-bond acceptors (Lipinski definition) is 4. The Bertz CT molecular complexity index is 714. The van der Waals surface area contributed by atoms with Crippen LogP contribution in [0.3, 0.4) is 0 Å². The molecule has 3 heterocycles. The lowest BCUT2D eigenvalue weighted by molar-refractivity contribution is 0.0538. The van der Waals surface area contributed by atoms with Crippen molar-refractivity contribution in [3.8, 4) is 0 Å². The highest BCUT2D eigenvalue weighted by atomic mass is 16.4. The second-order valence-corrected chi connectivity index (χ2v) is 5.64. The number of amides is 1. The number of carbonyl (C=O) groups is 2. The topological polar surface area (TPSA) is 83.9 Å². The fraction of sp³-hybridized carbons (Fsp3) is 0.412. The van der Waals surface area contributed by atoms with Crippen LogP contribution in [0.4, 0.5) is 0 Å². The second kappa shape index (κ2) is 6.32. The zero-order chi connectivity index (χ0) is 16.4. The minimum atomic E-state index is -1.18. The molecule has 0 saturated carbocycles. The van der Waals surface area contributed by atoms with Crippen molar-refractivity contribution in [3.05, 3.63) is 47.3 Å². The Kier molecular flexibility index (Phi) is 4.23. The number of carboxylic acids is 1. The maximum atomic E-state index is 12.7. The van der Waals surface area contributed by atoms with Gasteiger partial charge < -0.3 is 18.8 Å². The first-order valence-electron chi connectivity index (χ1n) is 7.83. The van der Waals surface area contributed by atoms with Crippen molar-refractivity contribution in [3.63, 3.8) is 0 Å². The van der Waals surface area contributed by atoms with Gasteiger partial charge in [0.1, 0.15) is 11.5 Å². The van der Waals surface area contributed by atoms with Gasteiger partial charge in [-0.2, -0.15) is 0 Å². The molecule has 0 aliphatic carbocycles. The van der Waals surface area contributed by atoms with Crippen LogP contribution in [0.1, 0.15) is 64.9 Å². The fourth-order valence-corrected chi connectivity index (χ4v) is 2.94. The molecule has 1 N–H and O–H groups in total. The Morgan fingerprint density at radius 1 is 1.17 bits per heavy atom. The standard InChI is InChI=1S/C17H19NO5/c1-2-11-6-7-13(22-11)12-5-3-4-10-18(12)16(19)14-8-9-15(23-14)17(20)21/h6-9,12H,2-5,10H2,1H3,(H,20,21). The van der Waals surface area contributed by atoms with Crippen LogP contribution in [-0.2, 0) is 6.42 Å². The monoisotopic (exact) mass is 317 g/mol. The van der Waals surface area contributed by atoms with E-state index < -0.39 is 5.97 Å². The average Bonchev–Trinajstić information content (AvgIpc) is 3.23. The molecule has 1 saturated heterocycles. The lowest BCUT2D eigenvalue weighted by Crippen LogP contribution is -2.38. The number of carboxylic acid groups (broad SMARTS) is 1. The van der Waals surface area contributed by atoms with Crippen molar-refractivity contribution in [2.45, 2.75) is 38.6 Å². The third kappa shape index (κ3) is 3.02. The fourth-order valence-electron chi connectivity index (χ4n) is 2.94. The van der Waals surface area contributed by atoms with Crippen molar-refractivity contribution in [2.24, 2.45) is 0 Å². The molecule has 1 aliphatic rings. The van der Waals surface area contributed by atoms with E-state index in [1.807, 2.05) is 19.1 Å². The van der Waals surface area contributed by atoms with Crippen LogP contribution >= 0.6 is 0 Å². The van der Waals surface area contributed by atoms with Crippen molar-refractivity contribution in [2.75, 3.05) is 6.54 Å². The maximum absolute atomic E-state index is 12.7. The zero-order valence-corrected chi connectivity index (χ0v) is 12.9. The van der Waals surface area contributed by atoms with Crippen molar-refractivity contribution in [1.29, 1.82) is 0 Å². The molecule has 6 nitrogen and oxygen atoms in total. The number of hydrogen-bond donors (Lipinski definition) is 1. The molecule has 1 fully saturated rings. The van der Waals surface area contributed by atoms with Gasteiger partial charge in [-0.15, -0.1) is 0 Å². The molecule has 1 atom stereocenters. The van der Waals surface area contributed by atoms with Gasteiger partial charge in [0, 0.05) is 13.0 Å². The van der Waals surface area contributed by atoms with E-state index in [9.17, 15) is 9.59 Å². The van der Waals surface area contributed by atoms with E-state index in [1.54, 1.807) is 4.90 Å². The molecule has 1 unspecified atom stereocenters. The molecule has 0 bridgehead atoms. The lowest BCUT2D eigenvalue weighted by atomic mass is 9.99. The molecule has 1 aliphatic heterocycles. The van der Waals surface area contributed by atoms with Gasteiger partial charge in [-0.3, -0.25) is 4.79 Å². The third-order valence-electron chi connectivity index (χ3n) is 4.15. The summed E-state index contributed by atoms with van der Waals surface area (Å²) >= 11 is 0. The summed E-state index contributed by atoms with van der Waals surface area (Å²) in [6.07, 6.45) is 3.57. The summed E-state index contributed by atoms with van der Waals surface area (Å²) in [4.78, 5) is 25.3. The van der Waals surface area contributed by atoms with E-state index in [0.29, 0.717) is 6.54 Å². The van der Waals surface area contributed by atoms with E-state index in [4.69, 9.17) is 13.9 Å². The quantitative estimate of drug-likeness (QED) is 0.933. The summed E-state index contributed by atoms with van der Waals surface area (Å²) in [6.45, 7) is 2.62. The number of rotatable bonds is 4. The second-order valence-electron chi connectivity index (χ2n) is 5.64. The van der Waals surface area contributed by atoms with Crippen molar-refractivity contribution in [1.82, 2.24) is 4.90 Å². The molecule has 0 spiro atoms. The van der Waals surface area contributed by atoms with Crippen LogP contribution in [0.25, 0.3) is 0 Å². The number of furan rings is 2. The number of nitrogens with zero attached hydrogens (tertiary/aromatic N) is 1. The molecule has 122 valence electrons. The predicted molar refractivity (Wildman–Crippen MR) is 81.4 cm³/mol. The van der Waals surface area contributed by atoms with Gasteiger partial charge in [0.25, 0.3) is 5.91 Å². The third-order valence-corrected chi connectivity index (χ3v) is 4.15. The molecule has 1 amide bonds. The largest absolute Gasteiger partial charge is 0.475 e. The van der Waals surface area contributed by atoms with Gasteiger partial charge in [0.2, 0.25) is 5.76 Å². The van der Waals surface area contributed by atoms with Crippen LogP contribution in [-0.4, -0.2) is 28.4 Å². The number of aromatic carboxylic acids is 1. The SMILES string of the molecule is CCc1ccc(C2CCCCN2C(=O)c2ccc(C(=O)O)o2)o1. The Morgan fingerprint density at radius 2 is 1.96 bits per heavy atom. The molecule has 6 heteroatoms. The van der Waals surface area contributed by atoms with Gasteiger partial charge in [-0.1, -0.05) is 6.92 Å². The van der Waals surface area contributed by atoms with Crippen molar-refractivity contribution >= 4 is 11.9 Å². The maximum Gasteiger partial charge on any atom is 0.371 e. The Hall–Kier alpha value is -2.50. The molecule has 0 aromatic carbocycles. The minimum Gasteiger partial charge on any atom is -0.475 e. The number of carbonyl (C=O) groups excluding carboxylic acids is 1. The van der Waals surface area contributed by atoms with Gasteiger partial charge in [0.05, 0.1) is 6.04 Å². The van der Waals surface area contributed by atoms with Crippen LogP contribution in [0.15, 0.2) is 33.1 Å². The summed E-state index contributed by atoms with van der Waals surface area (Å²) in [5.74, 6) is 0.0170. The molecule has 2 aromatic heterocycles. The number of piperidine rings is 1. The van der Waals surface area contributed by atoms with Gasteiger partial charge >= 0.3 is 5.97 Å². The van der Waals surface area contributed by atoms with E-state index in [-0.39, 0.29) is 23.5 Å². The smallest absolute Gasteiger partial charge is 0.371 e. The molecular formula is C17H19NO5. The summed E-state index contributed by atoms with van der Waals surface area (Å²) in [5.41, 5.74) is 0. The normalized spacial score (nSPS) is 18.1. The minimum absolute atomic E-state index is 0.0524. The zero-order valence-electron chi connectivity index (χ0n) is 12.9. The van der Waals surface area contributed by atoms with Gasteiger partial charge in [0.15, 0.2) is 5.76 Å². The molecule has 0 radical (unpaired) electrons. The summed E-state index contributed by atoms with van der Waals surface area (Å²) < 4.78 is 11.0. The summed E-state index contributed by atoms with van der Waals surface area (Å²) in [5, 5.41) is 8.92. The Labute approximate surface area is 133 Å². The highest BCUT2D eigenvalue weighted by Crippen LogP contribution is 2.33. The summed E-state index contributed by atoms with van der Waals surface area (Å²) in [7, 11) is 0. The average molecular weight is 317 g/mol. The van der Waals surface area contributed by atoms with E-state index in [1.165, 1.54) is 12.1 Å². The first-order valence-corrected chi connectivity index (χ1v) is 7.83.